The SMILES string of the molecule is Cc1[nH]nc2ncc(CC(=O)c3cc(OCc4ccccn4)ccc3Cl)cc12. The summed E-state index contributed by atoms with van der Waals surface area (Å²) >= 11 is 6.26. The van der Waals surface area contributed by atoms with Crippen LogP contribution in [0.5, 0.6) is 5.75 Å². The summed E-state index contributed by atoms with van der Waals surface area (Å²) < 4.78 is 5.75. The molecule has 140 valence electrons. The maximum absolute atomic E-state index is 12.8. The van der Waals surface area contributed by atoms with Gasteiger partial charge in [-0.15, -0.1) is 0 Å². The molecule has 0 aliphatic carbocycles. The number of ketones is 1. The summed E-state index contributed by atoms with van der Waals surface area (Å²) in [7, 11) is 0. The third-order valence-electron chi connectivity index (χ3n) is 4.37. The number of hydrogen-bond acceptors (Lipinski definition) is 5. The number of halogens is 1. The zero-order chi connectivity index (χ0) is 19.5. The van der Waals surface area contributed by atoms with Gasteiger partial charge in [-0.2, -0.15) is 5.10 Å². The second-order valence-corrected chi connectivity index (χ2v) is 6.82. The van der Waals surface area contributed by atoms with Gasteiger partial charge in [-0.3, -0.25) is 14.9 Å². The topological polar surface area (TPSA) is 80.8 Å². The normalized spacial score (nSPS) is 10.9. The van der Waals surface area contributed by atoms with Gasteiger partial charge in [-0.25, -0.2) is 4.98 Å². The van der Waals surface area contributed by atoms with Crippen molar-refractivity contribution in [3.63, 3.8) is 0 Å². The molecule has 1 aromatic carbocycles. The molecule has 0 atom stereocenters. The molecule has 0 radical (unpaired) electrons. The van der Waals surface area contributed by atoms with Crippen molar-refractivity contribution in [2.24, 2.45) is 0 Å². The molecule has 0 spiro atoms. The Kier molecular flexibility index (Phi) is 5.04. The Morgan fingerprint density at radius 2 is 2.07 bits per heavy atom. The van der Waals surface area contributed by atoms with Crippen LogP contribution < -0.4 is 4.74 Å². The lowest BCUT2D eigenvalue weighted by Gasteiger charge is -2.09. The third-order valence-corrected chi connectivity index (χ3v) is 4.70. The van der Waals surface area contributed by atoms with E-state index in [1.165, 1.54) is 0 Å². The van der Waals surface area contributed by atoms with Gasteiger partial charge in [0, 0.05) is 35.5 Å². The Balaban J connectivity index is 1.51. The Labute approximate surface area is 166 Å². The van der Waals surface area contributed by atoms with Crippen LogP contribution in [0.1, 0.15) is 27.3 Å². The van der Waals surface area contributed by atoms with Crippen molar-refractivity contribution >= 4 is 28.4 Å². The van der Waals surface area contributed by atoms with Gasteiger partial charge in [0.25, 0.3) is 0 Å². The molecule has 4 aromatic rings. The lowest BCUT2D eigenvalue weighted by atomic mass is 10.0. The first kappa shape index (κ1) is 18.1. The third kappa shape index (κ3) is 3.87. The number of ether oxygens (including phenoxy) is 1. The second-order valence-electron chi connectivity index (χ2n) is 6.41. The average Bonchev–Trinajstić information content (AvgIpc) is 3.08. The van der Waals surface area contributed by atoms with Gasteiger partial charge >= 0.3 is 0 Å². The highest BCUT2D eigenvalue weighted by molar-refractivity contribution is 6.34. The minimum Gasteiger partial charge on any atom is -0.487 e. The number of Topliss-reactive ketones (excluding diaryl/α,β-unsaturated/α-hetero) is 1. The fraction of sp³-hybridized carbons (Fsp3) is 0.143. The number of carbonyl (C=O) groups excluding carboxylic acids is 1. The summed E-state index contributed by atoms with van der Waals surface area (Å²) in [6.07, 6.45) is 3.56. The van der Waals surface area contributed by atoms with Gasteiger partial charge in [0.15, 0.2) is 11.4 Å². The number of nitrogens with zero attached hydrogens (tertiary/aromatic N) is 3. The molecule has 0 bridgehead atoms. The molecule has 4 rings (SSSR count). The van der Waals surface area contributed by atoms with Crippen LogP contribution in [0.4, 0.5) is 0 Å². The van der Waals surface area contributed by atoms with Crippen molar-refractivity contribution < 1.29 is 9.53 Å². The van der Waals surface area contributed by atoms with Gasteiger partial charge in [0.05, 0.1) is 10.7 Å². The summed E-state index contributed by atoms with van der Waals surface area (Å²) in [5.74, 6) is 0.466. The Bertz CT molecular complexity index is 1140. The maximum Gasteiger partial charge on any atom is 0.181 e. The molecule has 0 saturated heterocycles. The van der Waals surface area contributed by atoms with Crippen molar-refractivity contribution in [1.29, 1.82) is 0 Å². The lowest BCUT2D eigenvalue weighted by molar-refractivity contribution is 0.0992. The van der Waals surface area contributed by atoms with Crippen LogP contribution in [0.3, 0.4) is 0 Å². The molecular formula is C21H17ClN4O2. The zero-order valence-corrected chi connectivity index (χ0v) is 15.9. The standard InChI is InChI=1S/C21H17ClN4O2/c1-13-17-8-14(11-24-21(17)26-25-13)9-20(27)18-10-16(5-6-19(18)22)28-12-15-4-2-3-7-23-15/h2-8,10-11H,9,12H2,1H3,(H,24,25,26). The molecule has 0 fully saturated rings. The van der Waals surface area contributed by atoms with E-state index >= 15 is 0 Å². The summed E-state index contributed by atoms with van der Waals surface area (Å²) in [6, 6.07) is 12.6. The lowest BCUT2D eigenvalue weighted by Crippen LogP contribution is -2.06. The number of H-pyrrole nitrogens is 1. The van der Waals surface area contributed by atoms with Crippen LogP contribution in [0.25, 0.3) is 11.0 Å². The zero-order valence-electron chi connectivity index (χ0n) is 15.1. The molecule has 28 heavy (non-hydrogen) atoms. The van der Waals surface area contributed by atoms with E-state index in [1.54, 1.807) is 30.6 Å². The van der Waals surface area contributed by atoms with Crippen molar-refractivity contribution in [2.45, 2.75) is 20.0 Å². The summed E-state index contributed by atoms with van der Waals surface area (Å²) in [4.78, 5) is 21.3. The van der Waals surface area contributed by atoms with Crippen LogP contribution in [-0.2, 0) is 13.0 Å². The first-order chi connectivity index (χ1) is 13.6. The fourth-order valence-corrected chi connectivity index (χ4v) is 3.11. The number of pyridine rings is 2. The Morgan fingerprint density at radius 3 is 2.89 bits per heavy atom. The van der Waals surface area contributed by atoms with Crippen molar-refractivity contribution in [3.8, 4) is 5.75 Å². The number of rotatable bonds is 6. The number of aryl methyl sites for hydroxylation is 1. The van der Waals surface area contributed by atoms with Crippen LogP contribution >= 0.6 is 11.6 Å². The van der Waals surface area contributed by atoms with Crippen LogP contribution in [0.2, 0.25) is 5.02 Å². The van der Waals surface area contributed by atoms with Crippen molar-refractivity contribution in [1.82, 2.24) is 20.2 Å². The van der Waals surface area contributed by atoms with Gasteiger partial charge < -0.3 is 4.74 Å². The predicted molar refractivity (Wildman–Crippen MR) is 107 cm³/mol. The number of carbonyl (C=O) groups is 1. The summed E-state index contributed by atoms with van der Waals surface area (Å²) in [5.41, 5.74) is 3.58. The van der Waals surface area contributed by atoms with E-state index in [0.29, 0.717) is 28.6 Å². The maximum atomic E-state index is 12.8. The number of nitrogens with one attached hydrogen (secondary N) is 1. The highest BCUT2D eigenvalue weighted by Gasteiger charge is 2.14. The van der Waals surface area contributed by atoms with Gasteiger partial charge in [0.1, 0.15) is 12.4 Å². The molecule has 0 saturated carbocycles. The predicted octanol–water partition coefficient (Wildman–Crippen LogP) is 4.32. The van der Waals surface area contributed by atoms with Gasteiger partial charge in [-0.05, 0) is 48.9 Å². The van der Waals surface area contributed by atoms with Gasteiger partial charge in [0.2, 0.25) is 0 Å². The van der Waals surface area contributed by atoms with E-state index in [2.05, 4.69) is 20.2 Å². The fourth-order valence-electron chi connectivity index (χ4n) is 2.89. The van der Waals surface area contributed by atoms with Crippen LogP contribution in [0, 0.1) is 6.92 Å². The molecule has 0 amide bonds. The highest BCUT2D eigenvalue weighted by Crippen LogP contribution is 2.25. The van der Waals surface area contributed by atoms with Crippen LogP contribution in [0.15, 0.2) is 54.9 Å². The monoisotopic (exact) mass is 392 g/mol. The molecule has 0 unspecified atom stereocenters. The van der Waals surface area contributed by atoms with E-state index in [9.17, 15) is 4.79 Å². The quantitative estimate of drug-likeness (QED) is 0.494. The first-order valence-electron chi connectivity index (χ1n) is 8.75. The van der Waals surface area contributed by atoms with Crippen molar-refractivity contribution in [3.05, 3.63) is 82.4 Å². The van der Waals surface area contributed by atoms with E-state index in [4.69, 9.17) is 16.3 Å². The van der Waals surface area contributed by atoms with E-state index in [-0.39, 0.29) is 12.2 Å². The molecule has 1 N–H and O–H groups in total. The molecule has 3 aromatic heterocycles. The number of aromatic amines is 1. The van der Waals surface area contributed by atoms with E-state index in [1.807, 2.05) is 31.2 Å². The number of hydrogen-bond donors (Lipinski definition) is 1. The molecule has 3 heterocycles. The number of fused-ring (bicyclic) bond motifs is 1. The number of aromatic nitrogens is 4. The second kappa shape index (κ2) is 7.78. The highest BCUT2D eigenvalue weighted by atomic mass is 35.5. The molecule has 0 aliphatic rings. The Hall–Kier alpha value is -3.25. The average molecular weight is 393 g/mol. The van der Waals surface area contributed by atoms with E-state index < -0.39 is 0 Å². The first-order valence-corrected chi connectivity index (χ1v) is 9.13. The molecule has 7 heteroatoms. The smallest absolute Gasteiger partial charge is 0.181 e. The summed E-state index contributed by atoms with van der Waals surface area (Å²) in [5, 5.41) is 8.30. The van der Waals surface area contributed by atoms with E-state index in [0.717, 1.165) is 22.3 Å². The summed E-state index contributed by atoms with van der Waals surface area (Å²) in [6.45, 7) is 2.23. The molecule has 0 aliphatic heterocycles. The molecule has 6 nitrogen and oxygen atoms in total. The van der Waals surface area contributed by atoms with Gasteiger partial charge in [-0.1, -0.05) is 17.7 Å². The minimum absolute atomic E-state index is 0.101. The Morgan fingerprint density at radius 1 is 1.18 bits per heavy atom. The largest absolute Gasteiger partial charge is 0.487 e. The minimum atomic E-state index is -0.101. The molecular weight excluding hydrogens is 376 g/mol. The number of benzene rings is 1. The van der Waals surface area contributed by atoms with Crippen LogP contribution in [-0.4, -0.2) is 25.9 Å². The van der Waals surface area contributed by atoms with Crippen molar-refractivity contribution in [2.75, 3.05) is 0 Å².